The number of aromatic hydroxyl groups is 1. The summed E-state index contributed by atoms with van der Waals surface area (Å²) in [7, 11) is 0. The highest BCUT2D eigenvalue weighted by molar-refractivity contribution is 5.75. The Labute approximate surface area is 133 Å². The van der Waals surface area contributed by atoms with Gasteiger partial charge in [0.2, 0.25) is 5.91 Å². The van der Waals surface area contributed by atoms with Gasteiger partial charge in [-0.3, -0.25) is 4.79 Å². The van der Waals surface area contributed by atoms with Crippen LogP contribution in [0, 0.1) is 0 Å². The first-order valence-corrected chi connectivity index (χ1v) is 8.34. The maximum absolute atomic E-state index is 11.7. The van der Waals surface area contributed by atoms with E-state index >= 15 is 0 Å². The summed E-state index contributed by atoms with van der Waals surface area (Å²) in [5, 5.41) is 21.9. The fourth-order valence-corrected chi connectivity index (χ4v) is 2.35. The van der Waals surface area contributed by atoms with Crippen LogP contribution in [0.5, 0.6) is 5.75 Å². The number of carbonyl (C=O) groups is 1. The molecule has 0 spiro atoms. The van der Waals surface area contributed by atoms with Gasteiger partial charge in [0.25, 0.3) is 0 Å². The smallest absolute Gasteiger partial charge is 0.220 e. The second-order valence-corrected chi connectivity index (χ2v) is 5.81. The minimum Gasteiger partial charge on any atom is -0.508 e. The molecule has 22 heavy (non-hydrogen) atoms. The lowest BCUT2D eigenvalue weighted by Crippen LogP contribution is -2.26. The van der Waals surface area contributed by atoms with Gasteiger partial charge in [-0.25, -0.2) is 0 Å². The van der Waals surface area contributed by atoms with Crippen LogP contribution in [0.3, 0.4) is 0 Å². The zero-order valence-corrected chi connectivity index (χ0v) is 13.6. The molecule has 0 heterocycles. The maximum Gasteiger partial charge on any atom is 0.220 e. The molecule has 0 aliphatic rings. The lowest BCUT2D eigenvalue weighted by molar-refractivity contribution is -0.121. The number of aliphatic hydroxyl groups excluding tert-OH is 1. The first-order chi connectivity index (χ1) is 10.6. The topological polar surface area (TPSA) is 69.6 Å². The fraction of sp³-hybridized carbons (Fsp3) is 0.611. The van der Waals surface area contributed by atoms with Crippen LogP contribution in [0.1, 0.15) is 57.4 Å². The van der Waals surface area contributed by atoms with Crippen LogP contribution in [-0.2, 0) is 11.2 Å². The van der Waals surface area contributed by atoms with E-state index in [1.165, 1.54) is 12.8 Å². The van der Waals surface area contributed by atoms with E-state index < -0.39 is 0 Å². The van der Waals surface area contributed by atoms with E-state index in [9.17, 15) is 15.0 Å². The summed E-state index contributed by atoms with van der Waals surface area (Å²) in [5.74, 6) is 0.243. The molecule has 0 radical (unpaired) electrons. The van der Waals surface area contributed by atoms with Crippen molar-refractivity contribution in [3.8, 4) is 5.75 Å². The summed E-state index contributed by atoms with van der Waals surface area (Å²) in [6.45, 7) is 2.75. The van der Waals surface area contributed by atoms with E-state index in [4.69, 9.17) is 0 Å². The number of phenols is 1. The molecule has 0 aliphatic carbocycles. The minimum atomic E-state index is -0.361. The van der Waals surface area contributed by atoms with Gasteiger partial charge in [-0.15, -0.1) is 0 Å². The van der Waals surface area contributed by atoms with Crippen LogP contribution < -0.4 is 5.32 Å². The highest BCUT2D eigenvalue weighted by Gasteiger charge is 2.07. The second kappa shape index (κ2) is 11.1. The predicted octanol–water partition coefficient (Wildman–Crippen LogP) is 3.16. The highest BCUT2D eigenvalue weighted by atomic mass is 16.3. The Kier molecular flexibility index (Phi) is 9.31. The molecule has 4 heteroatoms. The molecule has 0 aliphatic heterocycles. The normalized spacial score (nSPS) is 12.1. The molecule has 0 fully saturated rings. The Morgan fingerprint density at radius 2 is 1.86 bits per heavy atom. The molecule has 0 bridgehead atoms. The quantitative estimate of drug-likeness (QED) is 0.550. The Balaban J connectivity index is 2.06. The standard InChI is InChI=1S/C18H29NO3/c1-2-3-4-5-6-16(20)11-12-18(22)19-14-13-15-7-9-17(21)10-8-15/h7-10,16,20-21H,2-6,11-14H2,1H3,(H,19,22). The first-order valence-electron chi connectivity index (χ1n) is 8.34. The largest absolute Gasteiger partial charge is 0.508 e. The summed E-state index contributed by atoms with van der Waals surface area (Å²) in [6, 6.07) is 6.99. The number of hydrogen-bond acceptors (Lipinski definition) is 3. The van der Waals surface area contributed by atoms with Crippen LogP contribution in [0.15, 0.2) is 24.3 Å². The van der Waals surface area contributed by atoms with Crippen molar-refractivity contribution in [1.29, 1.82) is 0 Å². The van der Waals surface area contributed by atoms with E-state index in [2.05, 4.69) is 12.2 Å². The average molecular weight is 307 g/mol. The maximum atomic E-state index is 11.7. The minimum absolute atomic E-state index is 0.00798. The number of rotatable bonds is 11. The molecular formula is C18H29NO3. The number of hydrogen-bond donors (Lipinski definition) is 3. The van der Waals surface area contributed by atoms with Gasteiger partial charge in [0.15, 0.2) is 0 Å². The number of phenolic OH excluding ortho intramolecular Hbond substituents is 1. The van der Waals surface area contributed by atoms with Gasteiger partial charge in [0.1, 0.15) is 5.75 Å². The molecule has 4 nitrogen and oxygen atoms in total. The van der Waals surface area contributed by atoms with Crippen LogP contribution in [0.4, 0.5) is 0 Å². The molecule has 1 unspecified atom stereocenters. The van der Waals surface area contributed by atoms with Gasteiger partial charge in [0, 0.05) is 13.0 Å². The number of amides is 1. The van der Waals surface area contributed by atoms with Gasteiger partial charge >= 0.3 is 0 Å². The zero-order valence-electron chi connectivity index (χ0n) is 13.6. The fourth-order valence-electron chi connectivity index (χ4n) is 2.35. The second-order valence-electron chi connectivity index (χ2n) is 5.81. The van der Waals surface area contributed by atoms with Crippen molar-refractivity contribution in [3.05, 3.63) is 29.8 Å². The van der Waals surface area contributed by atoms with Crippen LogP contribution in [0.2, 0.25) is 0 Å². The Morgan fingerprint density at radius 3 is 2.55 bits per heavy atom. The van der Waals surface area contributed by atoms with Crippen molar-refractivity contribution in [2.75, 3.05) is 6.54 Å². The molecular weight excluding hydrogens is 278 g/mol. The molecule has 1 amide bonds. The van der Waals surface area contributed by atoms with Gasteiger partial charge in [-0.05, 0) is 37.0 Å². The van der Waals surface area contributed by atoms with E-state index in [1.54, 1.807) is 12.1 Å². The number of aliphatic hydroxyl groups is 1. The third-order valence-corrected chi connectivity index (χ3v) is 3.77. The molecule has 0 saturated carbocycles. The van der Waals surface area contributed by atoms with Crippen molar-refractivity contribution >= 4 is 5.91 Å². The average Bonchev–Trinajstić information content (AvgIpc) is 2.51. The van der Waals surface area contributed by atoms with Crippen LogP contribution in [-0.4, -0.2) is 28.8 Å². The van der Waals surface area contributed by atoms with E-state index in [0.29, 0.717) is 19.4 Å². The zero-order chi connectivity index (χ0) is 16.2. The van der Waals surface area contributed by atoms with E-state index in [0.717, 1.165) is 31.2 Å². The molecule has 124 valence electrons. The van der Waals surface area contributed by atoms with Gasteiger partial charge in [0.05, 0.1) is 6.10 Å². The van der Waals surface area contributed by atoms with E-state index in [1.807, 2.05) is 12.1 Å². The molecule has 0 saturated heterocycles. The summed E-state index contributed by atoms with van der Waals surface area (Å²) in [4.78, 5) is 11.7. The Hall–Kier alpha value is -1.55. The SMILES string of the molecule is CCCCCCC(O)CCC(=O)NCCc1ccc(O)cc1. The van der Waals surface area contributed by atoms with Gasteiger partial charge < -0.3 is 15.5 Å². The monoisotopic (exact) mass is 307 g/mol. The number of nitrogens with one attached hydrogen (secondary N) is 1. The molecule has 1 aromatic carbocycles. The highest BCUT2D eigenvalue weighted by Crippen LogP contribution is 2.10. The number of carbonyl (C=O) groups excluding carboxylic acids is 1. The number of benzene rings is 1. The van der Waals surface area contributed by atoms with Gasteiger partial charge in [-0.1, -0.05) is 44.7 Å². The van der Waals surface area contributed by atoms with Crippen molar-refractivity contribution in [1.82, 2.24) is 5.32 Å². The molecule has 1 atom stereocenters. The molecule has 1 aromatic rings. The summed E-state index contributed by atoms with van der Waals surface area (Å²) in [6.07, 6.45) is 6.70. The van der Waals surface area contributed by atoms with Crippen LogP contribution in [0.25, 0.3) is 0 Å². The first kappa shape index (κ1) is 18.5. The Bertz CT molecular complexity index is 417. The Morgan fingerprint density at radius 1 is 1.14 bits per heavy atom. The third-order valence-electron chi connectivity index (χ3n) is 3.77. The summed E-state index contributed by atoms with van der Waals surface area (Å²) < 4.78 is 0. The molecule has 3 N–H and O–H groups in total. The summed E-state index contributed by atoms with van der Waals surface area (Å²) >= 11 is 0. The third kappa shape index (κ3) is 8.67. The van der Waals surface area contributed by atoms with Gasteiger partial charge in [-0.2, -0.15) is 0 Å². The molecule has 1 rings (SSSR count). The lowest BCUT2D eigenvalue weighted by atomic mass is 10.1. The summed E-state index contributed by atoms with van der Waals surface area (Å²) in [5.41, 5.74) is 1.08. The van der Waals surface area contributed by atoms with Crippen molar-refractivity contribution in [2.24, 2.45) is 0 Å². The van der Waals surface area contributed by atoms with Crippen molar-refractivity contribution in [2.45, 2.75) is 64.4 Å². The van der Waals surface area contributed by atoms with Crippen molar-refractivity contribution in [3.63, 3.8) is 0 Å². The van der Waals surface area contributed by atoms with Crippen molar-refractivity contribution < 1.29 is 15.0 Å². The predicted molar refractivity (Wildman–Crippen MR) is 88.8 cm³/mol. The van der Waals surface area contributed by atoms with E-state index in [-0.39, 0.29) is 17.8 Å². The lowest BCUT2D eigenvalue weighted by Gasteiger charge is -2.10. The molecule has 0 aromatic heterocycles. The number of unbranched alkanes of at least 4 members (excludes halogenated alkanes) is 3. The van der Waals surface area contributed by atoms with Crippen LogP contribution >= 0.6 is 0 Å².